The number of ether oxygens (including phenoxy) is 1. The molecular weight excluding hydrogens is 288 g/mol. The van der Waals surface area contributed by atoms with E-state index >= 15 is 0 Å². The summed E-state index contributed by atoms with van der Waals surface area (Å²) in [6, 6.07) is 4.99. The zero-order valence-electron chi connectivity index (χ0n) is 12.5. The first-order valence-corrected chi connectivity index (χ1v) is 8.48. The molecule has 0 spiro atoms. The van der Waals surface area contributed by atoms with Crippen LogP contribution in [0.1, 0.15) is 18.9 Å². The molecule has 0 fully saturated rings. The van der Waals surface area contributed by atoms with Crippen molar-refractivity contribution >= 4 is 15.7 Å². The molecule has 1 aliphatic rings. The maximum absolute atomic E-state index is 12.6. The van der Waals surface area contributed by atoms with Crippen LogP contribution in [0.25, 0.3) is 0 Å². The van der Waals surface area contributed by atoms with E-state index in [1.165, 1.54) is 4.31 Å². The predicted octanol–water partition coefficient (Wildman–Crippen LogP) is 1.80. The van der Waals surface area contributed by atoms with E-state index in [2.05, 4.69) is 0 Å². The molecule has 2 N–H and O–H groups in total. The van der Waals surface area contributed by atoms with Gasteiger partial charge in [0, 0.05) is 25.9 Å². The Morgan fingerprint density at radius 1 is 1.38 bits per heavy atom. The van der Waals surface area contributed by atoms with E-state index in [1.54, 1.807) is 25.3 Å². The van der Waals surface area contributed by atoms with Gasteiger partial charge in [-0.05, 0) is 36.1 Å². The van der Waals surface area contributed by atoms with Gasteiger partial charge in [0.25, 0.3) is 0 Å². The Balaban J connectivity index is 2.21. The minimum absolute atomic E-state index is 0.265. The van der Waals surface area contributed by atoms with Crippen molar-refractivity contribution in [2.45, 2.75) is 24.7 Å². The van der Waals surface area contributed by atoms with Gasteiger partial charge in [-0.15, -0.1) is 0 Å². The lowest BCUT2D eigenvalue weighted by molar-refractivity contribution is 0.219. The number of sulfonamides is 1. The Morgan fingerprint density at radius 2 is 2.14 bits per heavy atom. The lowest BCUT2D eigenvalue weighted by atomic mass is 10.1. The van der Waals surface area contributed by atoms with Gasteiger partial charge in [-0.3, -0.25) is 0 Å². The molecule has 5 nitrogen and oxygen atoms in total. The second kappa shape index (κ2) is 6.60. The average Bonchev–Trinajstić information content (AvgIpc) is 2.48. The number of nitrogens with zero attached hydrogens (tertiary/aromatic N) is 1. The third-order valence-corrected chi connectivity index (χ3v) is 5.59. The molecule has 0 atom stereocenters. The third-order valence-electron chi connectivity index (χ3n) is 3.73. The topological polar surface area (TPSA) is 72.6 Å². The first kappa shape index (κ1) is 16.0. The standard InChI is InChI=1S/C15H22N2O3S/c1-3-13-4-5-14(10-15(13)16)21(18,19)17-8-6-12(7-9-17)11-20-2/h4-6,10H,3,7-9,11,16H2,1-2H3. The van der Waals surface area contributed by atoms with Crippen LogP contribution in [0.15, 0.2) is 34.7 Å². The molecule has 0 aromatic heterocycles. The van der Waals surface area contributed by atoms with Gasteiger partial charge in [-0.1, -0.05) is 19.1 Å². The number of hydrogen-bond donors (Lipinski definition) is 1. The summed E-state index contributed by atoms with van der Waals surface area (Å²) in [5.41, 5.74) is 8.55. The fourth-order valence-corrected chi connectivity index (χ4v) is 3.85. The lowest BCUT2D eigenvalue weighted by Gasteiger charge is -2.26. The Kier molecular flexibility index (Phi) is 5.03. The zero-order chi connectivity index (χ0) is 15.5. The summed E-state index contributed by atoms with van der Waals surface area (Å²) in [5.74, 6) is 0. The molecule has 0 radical (unpaired) electrons. The summed E-state index contributed by atoms with van der Waals surface area (Å²) < 4.78 is 31.8. The molecule has 0 aliphatic carbocycles. The number of aryl methyl sites for hydroxylation is 1. The smallest absolute Gasteiger partial charge is 0.243 e. The van der Waals surface area contributed by atoms with Gasteiger partial charge in [0.05, 0.1) is 11.5 Å². The average molecular weight is 310 g/mol. The van der Waals surface area contributed by atoms with E-state index in [1.807, 2.05) is 13.0 Å². The van der Waals surface area contributed by atoms with Crippen LogP contribution < -0.4 is 5.73 Å². The van der Waals surface area contributed by atoms with Crippen LogP contribution in [-0.2, 0) is 21.2 Å². The van der Waals surface area contributed by atoms with Crippen molar-refractivity contribution < 1.29 is 13.2 Å². The molecule has 6 heteroatoms. The first-order valence-electron chi connectivity index (χ1n) is 7.04. The van der Waals surface area contributed by atoms with Crippen LogP contribution in [-0.4, -0.2) is 39.5 Å². The van der Waals surface area contributed by atoms with E-state index in [0.29, 0.717) is 31.8 Å². The highest BCUT2D eigenvalue weighted by Gasteiger charge is 2.26. The summed E-state index contributed by atoms with van der Waals surface area (Å²) >= 11 is 0. The van der Waals surface area contributed by atoms with Crippen molar-refractivity contribution in [1.82, 2.24) is 4.31 Å². The summed E-state index contributed by atoms with van der Waals surface area (Å²) in [6.07, 6.45) is 3.42. The molecular formula is C15H22N2O3S. The molecule has 1 aromatic carbocycles. The predicted molar refractivity (Wildman–Crippen MR) is 83.6 cm³/mol. The summed E-state index contributed by atoms with van der Waals surface area (Å²) in [6.45, 7) is 3.42. The molecule has 0 amide bonds. The van der Waals surface area contributed by atoms with Crippen molar-refractivity contribution in [3.8, 4) is 0 Å². The van der Waals surface area contributed by atoms with E-state index < -0.39 is 10.0 Å². The fraction of sp³-hybridized carbons (Fsp3) is 0.467. The number of hydrogen-bond acceptors (Lipinski definition) is 4. The largest absolute Gasteiger partial charge is 0.398 e. The van der Waals surface area contributed by atoms with Crippen molar-refractivity contribution in [3.63, 3.8) is 0 Å². The number of benzene rings is 1. The zero-order valence-corrected chi connectivity index (χ0v) is 13.3. The molecule has 0 unspecified atom stereocenters. The second-order valence-corrected chi connectivity index (χ2v) is 7.06. The van der Waals surface area contributed by atoms with Crippen LogP contribution >= 0.6 is 0 Å². The van der Waals surface area contributed by atoms with Crippen molar-refractivity contribution in [1.29, 1.82) is 0 Å². The van der Waals surface area contributed by atoms with Crippen LogP contribution in [0.5, 0.6) is 0 Å². The highest BCUT2D eigenvalue weighted by Crippen LogP contribution is 2.24. The highest BCUT2D eigenvalue weighted by atomic mass is 32.2. The van der Waals surface area contributed by atoms with Gasteiger partial charge < -0.3 is 10.5 Å². The Labute approximate surface area is 126 Å². The number of anilines is 1. The highest BCUT2D eigenvalue weighted by molar-refractivity contribution is 7.89. The summed E-state index contributed by atoms with van der Waals surface area (Å²) in [5, 5.41) is 0. The van der Waals surface area contributed by atoms with E-state index in [4.69, 9.17) is 10.5 Å². The molecule has 1 aliphatic heterocycles. The van der Waals surface area contributed by atoms with E-state index in [9.17, 15) is 8.42 Å². The van der Waals surface area contributed by atoms with Gasteiger partial charge in [0.2, 0.25) is 10.0 Å². The minimum Gasteiger partial charge on any atom is -0.398 e. The Hall–Kier alpha value is -1.37. The molecule has 116 valence electrons. The molecule has 1 heterocycles. The van der Waals surface area contributed by atoms with Gasteiger partial charge in [-0.2, -0.15) is 4.31 Å². The third kappa shape index (κ3) is 3.45. The van der Waals surface area contributed by atoms with E-state index in [-0.39, 0.29) is 4.90 Å². The number of nitrogen functional groups attached to an aromatic ring is 1. The van der Waals surface area contributed by atoms with Crippen LogP contribution in [0.2, 0.25) is 0 Å². The van der Waals surface area contributed by atoms with Crippen LogP contribution in [0.4, 0.5) is 5.69 Å². The number of methoxy groups -OCH3 is 1. The van der Waals surface area contributed by atoms with Crippen LogP contribution in [0, 0.1) is 0 Å². The molecule has 0 saturated heterocycles. The molecule has 2 rings (SSSR count). The Bertz CT molecular complexity index is 638. The van der Waals surface area contributed by atoms with Crippen molar-refractivity contribution in [2.75, 3.05) is 32.5 Å². The molecule has 0 bridgehead atoms. The van der Waals surface area contributed by atoms with Gasteiger partial charge >= 0.3 is 0 Å². The normalized spacial score (nSPS) is 16.8. The van der Waals surface area contributed by atoms with Crippen molar-refractivity contribution in [2.24, 2.45) is 0 Å². The Morgan fingerprint density at radius 3 is 2.67 bits per heavy atom. The van der Waals surface area contributed by atoms with Crippen LogP contribution in [0.3, 0.4) is 0 Å². The first-order chi connectivity index (χ1) is 9.98. The summed E-state index contributed by atoms with van der Waals surface area (Å²) in [7, 11) is -1.84. The monoisotopic (exact) mass is 310 g/mol. The maximum atomic E-state index is 12.6. The quantitative estimate of drug-likeness (QED) is 0.665. The maximum Gasteiger partial charge on any atom is 0.243 e. The molecule has 1 aromatic rings. The van der Waals surface area contributed by atoms with E-state index in [0.717, 1.165) is 17.6 Å². The molecule has 0 saturated carbocycles. The SMILES string of the molecule is CCc1ccc(S(=O)(=O)N2CC=C(COC)CC2)cc1N. The number of rotatable bonds is 5. The van der Waals surface area contributed by atoms with Crippen molar-refractivity contribution in [3.05, 3.63) is 35.4 Å². The fourth-order valence-electron chi connectivity index (χ4n) is 2.43. The minimum atomic E-state index is -3.48. The summed E-state index contributed by atoms with van der Waals surface area (Å²) in [4.78, 5) is 0.265. The number of nitrogens with two attached hydrogens (primary N) is 1. The van der Waals surface area contributed by atoms with Gasteiger partial charge in [-0.25, -0.2) is 8.42 Å². The van der Waals surface area contributed by atoms with Gasteiger partial charge in [0.15, 0.2) is 0 Å². The second-order valence-electron chi connectivity index (χ2n) is 5.12. The lowest BCUT2D eigenvalue weighted by Crippen LogP contribution is -2.35. The molecule has 21 heavy (non-hydrogen) atoms. The van der Waals surface area contributed by atoms with Gasteiger partial charge in [0.1, 0.15) is 0 Å².